The molecule has 1 aliphatic rings. The van der Waals surface area contributed by atoms with Gasteiger partial charge < -0.3 is 9.42 Å². The highest BCUT2D eigenvalue weighted by atomic mass is 16.5. The molecule has 1 saturated heterocycles. The second-order valence-electron chi connectivity index (χ2n) is 8.18. The molecule has 1 aromatic heterocycles. The standard InChI is InChI=1S/C25H27N3O3/c1-17-8-9-20(14-18(17)2)24(29)22-6-4-5-7-23(22)25(30)28-12-10-27(11-13-28)16-21-15-19(3)26-31-21/h4-9,14-15H,10-13,16H2,1-3H3. The molecule has 2 aromatic carbocycles. The van der Waals surface area contributed by atoms with Crippen LogP contribution in [0.15, 0.2) is 53.1 Å². The minimum atomic E-state index is -0.119. The minimum Gasteiger partial charge on any atom is -0.360 e. The maximum absolute atomic E-state index is 13.3. The first kappa shape index (κ1) is 21.0. The van der Waals surface area contributed by atoms with Crippen molar-refractivity contribution >= 4 is 11.7 Å². The molecule has 160 valence electrons. The zero-order valence-corrected chi connectivity index (χ0v) is 18.2. The summed E-state index contributed by atoms with van der Waals surface area (Å²) in [5.74, 6) is 0.621. The minimum absolute atomic E-state index is 0.0945. The van der Waals surface area contributed by atoms with Gasteiger partial charge in [-0.2, -0.15) is 0 Å². The maximum Gasteiger partial charge on any atom is 0.254 e. The van der Waals surface area contributed by atoms with Crippen LogP contribution in [-0.4, -0.2) is 52.8 Å². The predicted molar refractivity (Wildman–Crippen MR) is 118 cm³/mol. The monoisotopic (exact) mass is 417 g/mol. The van der Waals surface area contributed by atoms with Crippen LogP contribution in [-0.2, 0) is 6.54 Å². The number of aryl methyl sites for hydroxylation is 3. The quantitative estimate of drug-likeness (QED) is 0.591. The van der Waals surface area contributed by atoms with Gasteiger partial charge in [-0.05, 0) is 44.0 Å². The van der Waals surface area contributed by atoms with E-state index in [0.29, 0.717) is 36.3 Å². The van der Waals surface area contributed by atoms with E-state index in [1.165, 1.54) is 0 Å². The van der Waals surface area contributed by atoms with E-state index in [1.807, 2.05) is 62.1 Å². The van der Waals surface area contributed by atoms with Crippen molar-refractivity contribution in [1.82, 2.24) is 15.0 Å². The van der Waals surface area contributed by atoms with Gasteiger partial charge in [-0.15, -0.1) is 0 Å². The average molecular weight is 418 g/mol. The van der Waals surface area contributed by atoms with Crippen LogP contribution in [0.4, 0.5) is 0 Å². The molecule has 0 atom stereocenters. The van der Waals surface area contributed by atoms with E-state index in [1.54, 1.807) is 12.1 Å². The van der Waals surface area contributed by atoms with Crippen molar-refractivity contribution in [3.8, 4) is 0 Å². The van der Waals surface area contributed by atoms with Gasteiger partial charge in [0.2, 0.25) is 0 Å². The van der Waals surface area contributed by atoms with Gasteiger partial charge in [-0.3, -0.25) is 14.5 Å². The summed E-state index contributed by atoms with van der Waals surface area (Å²) in [5, 5.41) is 3.93. The number of amides is 1. The maximum atomic E-state index is 13.3. The summed E-state index contributed by atoms with van der Waals surface area (Å²) in [7, 11) is 0. The van der Waals surface area contributed by atoms with Crippen molar-refractivity contribution in [2.24, 2.45) is 0 Å². The van der Waals surface area contributed by atoms with Crippen molar-refractivity contribution in [1.29, 1.82) is 0 Å². The van der Waals surface area contributed by atoms with E-state index in [2.05, 4.69) is 10.1 Å². The molecule has 3 aromatic rings. The lowest BCUT2D eigenvalue weighted by atomic mass is 9.95. The number of carbonyl (C=O) groups is 2. The predicted octanol–water partition coefficient (Wildman–Crippen LogP) is 3.79. The summed E-state index contributed by atoms with van der Waals surface area (Å²) in [6.45, 7) is 9.31. The van der Waals surface area contributed by atoms with E-state index in [0.717, 1.165) is 35.7 Å². The van der Waals surface area contributed by atoms with Crippen molar-refractivity contribution in [3.63, 3.8) is 0 Å². The Bertz CT molecular complexity index is 1110. The highest BCUT2D eigenvalue weighted by Gasteiger charge is 2.26. The third-order valence-corrected chi connectivity index (χ3v) is 5.89. The van der Waals surface area contributed by atoms with Crippen LogP contribution in [0.1, 0.15) is 48.9 Å². The summed E-state index contributed by atoms with van der Waals surface area (Å²) in [6.07, 6.45) is 0. The number of ketones is 1. The first-order valence-corrected chi connectivity index (χ1v) is 10.6. The van der Waals surface area contributed by atoms with Gasteiger partial charge in [-0.25, -0.2) is 0 Å². The molecule has 6 nitrogen and oxygen atoms in total. The summed E-state index contributed by atoms with van der Waals surface area (Å²) in [5.41, 5.74) is 4.59. The zero-order chi connectivity index (χ0) is 22.0. The Morgan fingerprint density at radius 2 is 1.61 bits per heavy atom. The first-order valence-electron chi connectivity index (χ1n) is 10.6. The van der Waals surface area contributed by atoms with Crippen molar-refractivity contribution in [3.05, 3.63) is 87.8 Å². The second-order valence-corrected chi connectivity index (χ2v) is 8.18. The number of piperazine rings is 1. The molecule has 2 heterocycles. The van der Waals surface area contributed by atoms with E-state index >= 15 is 0 Å². The van der Waals surface area contributed by atoms with Gasteiger partial charge in [0.05, 0.1) is 17.8 Å². The Balaban J connectivity index is 1.47. The van der Waals surface area contributed by atoms with E-state index < -0.39 is 0 Å². The number of hydrogen-bond acceptors (Lipinski definition) is 5. The second kappa shape index (κ2) is 8.86. The molecule has 1 aliphatic heterocycles. The molecule has 1 amide bonds. The molecule has 0 aliphatic carbocycles. The van der Waals surface area contributed by atoms with Crippen molar-refractivity contribution in [2.75, 3.05) is 26.2 Å². The smallest absolute Gasteiger partial charge is 0.254 e. The average Bonchev–Trinajstić information content (AvgIpc) is 3.19. The highest BCUT2D eigenvalue weighted by molar-refractivity contribution is 6.15. The zero-order valence-electron chi connectivity index (χ0n) is 18.2. The lowest BCUT2D eigenvalue weighted by Crippen LogP contribution is -2.48. The molecule has 4 rings (SSSR count). The molecule has 0 spiro atoms. The topological polar surface area (TPSA) is 66.7 Å². The molecule has 1 fully saturated rings. The Kier molecular flexibility index (Phi) is 6.00. The number of aromatic nitrogens is 1. The molecule has 6 heteroatoms. The fourth-order valence-corrected chi connectivity index (χ4v) is 3.90. The Morgan fingerprint density at radius 3 is 2.26 bits per heavy atom. The number of benzene rings is 2. The largest absolute Gasteiger partial charge is 0.360 e. The molecular formula is C25H27N3O3. The van der Waals surface area contributed by atoms with Gasteiger partial charge in [-0.1, -0.05) is 35.5 Å². The molecule has 0 unspecified atom stereocenters. The fourth-order valence-electron chi connectivity index (χ4n) is 3.90. The summed E-state index contributed by atoms with van der Waals surface area (Å²) >= 11 is 0. The van der Waals surface area contributed by atoms with Crippen LogP contribution < -0.4 is 0 Å². The molecular weight excluding hydrogens is 390 g/mol. The number of nitrogens with zero attached hydrogens (tertiary/aromatic N) is 3. The third kappa shape index (κ3) is 4.59. The normalized spacial score (nSPS) is 14.6. The Labute approximate surface area is 182 Å². The summed E-state index contributed by atoms with van der Waals surface area (Å²) < 4.78 is 5.30. The molecule has 0 saturated carbocycles. The number of rotatable bonds is 5. The molecule has 0 radical (unpaired) electrons. The highest BCUT2D eigenvalue weighted by Crippen LogP contribution is 2.20. The van der Waals surface area contributed by atoms with Gasteiger partial charge in [0.25, 0.3) is 5.91 Å². The Morgan fingerprint density at radius 1 is 0.903 bits per heavy atom. The van der Waals surface area contributed by atoms with E-state index in [-0.39, 0.29) is 11.7 Å². The van der Waals surface area contributed by atoms with Crippen molar-refractivity contribution < 1.29 is 14.1 Å². The van der Waals surface area contributed by atoms with Gasteiger partial charge in [0.15, 0.2) is 11.5 Å². The Hall–Kier alpha value is -3.25. The first-order chi connectivity index (χ1) is 14.9. The van der Waals surface area contributed by atoms with E-state index in [4.69, 9.17) is 4.52 Å². The van der Waals surface area contributed by atoms with Gasteiger partial charge in [0.1, 0.15) is 0 Å². The SMILES string of the molecule is Cc1cc(CN2CCN(C(=O)c3ccccc3C(=O)c3ccc(C)c(C)c3)CC2)on1. The van der Waals surface area contributed by atoms with Crippen LogP contribution in [0.5, 0.6) is 0 Å². The molecule has 31 heavy (non-hydrogen) atoms. The van der Waals surface area contributed by atoms with Crippen LogP contribution in [0.25, 0.3) is 0 Å². The lowest BCUT2D eigenvalue weighted by molar-refractivity contribution is 0.0614. The lowest BCUT2D eigenvalue weighted by Gasteiger charge is -2.34. The van der Waals surface area contributed by atoms with Crippen LogP contribution >= 0.6 is 0 Å². The van der Waals surface area contributed by atoms with Gasteiger partial charge >= 0.3 is 0 Å². The summed E-state index contributed by atoms with van der Waals surface area (Å²) in [6, 6.07) is 14.7. The van der Waals surface area contributed by atoms with Crippen LogP contribution in [0.3, 0.4) is 0 Å². The van der Waals surface area contributed by atoms with Crippen LogP contribution in [0.2, 0.25) is 0 Å². The number of carbonyl (C=O) groups excluding carboxylic acids is 2. The number of hydrogen-bond donors (Lipinski definition) is 0. The van der Waals surface area contributed by atoms with E-state index in [9.17, 15) is 9.59 Å². The van der Waals surface area contributed by atoms with Crippen LogP contribution in [0, 0.1) is 20.8 Å². The fraction of sp³-hybridized carbons (Fsp3) is 0.320. The third-order valence-electron chi connectivity index (χ3n) is 5.89. The molecule has 0 bridgehead atoms. The van der Waals surface area contributed by atoms with Gasteiger partial charge in [0, 0.05) is 43.4 Å². The van der Waals surface area contributed by atoms with Crippen molar-refractivity contribution in [2.45, 2.75) is 27.3 Å². The summed E-state index contributed by atoms with van der Waals surface area (Å²) in [4.78, 5) is 30.5. The molecule has 0 N–H and O–H groups in total.